The monoisotopic (exact) mass is 204 g/mol. The van der Waals surface area contributed by atoms with Gasteiger partial charge in [0.25, 0.3) is 0 Å². The van der Waals surface area contributed by atoms with E-state index in [1.54, 1.807) is 0 Å². The SMILES string of the molecule is CO[C@](N)(CCCNC(=N)N)C(=O)O. The molecule has 7 heteroatoms. The first-order valence-electron chi connectivity index (χ1n) is 4.07. The summed E-state index contributed by atoms with van der Waals surface area (Å²) >= 11 is 0. The van der Waals surface area contributed by atoms with E-state index in [1.807, 2.05) is 0 Å². The maximum atomic E-state index is 10.6. The van der Waals surface area contributed by atoms with Gasteiger partial charge in [0.1, 0.15) is 0 Å². The van der Waals surface area contributed by atoms with E-state index in [-0.39, 0.29) is 12.4 Å². The number of carboxylic acids is 1. The molecule has 0 amide bonds. The van der Waals surface area contributed by atoms with Crippen LogP contribution in [-0.4, -0.2) is 36.4 Å². The Morgan fingerprint density at radius 1 is 1.71 bits per heavy atom. The van der Waals surface area contributed by atoms with Crippen molar-refractivity contribution < 1.29 is 14.6 Å². The van der Waals surface area contributed by atoms with Gasteiger partial charge in [0, 0.05) is 20.1 Å². The summed E-state index contributed by atoms with van der Waals surface area (Å²) in [6, 6.07) is 0. The molecule has 0 radical (unpaired) electrons. The predicted molar refractivity (Wildman–Crippen MR) is 50.7 cm³/mol. The van der Waals surface area contributed by atoms with E-state index in [0.717, 1.165) is 0 Å². The van der Waals surface area contributed by atoms with Gasteiger partial charge in [0.15, 0.2) is 5.96 Å². The van der Waals surface area contributed by atoms with Gasteiger partial charge < -0.3 is 20.9 Å². The van der Waals surface area contributed by atoms with Crippen LogP contribution < -0.4 is 16.8 Å². The van der Waals surface area contributed by atoms with Crippen molar-refractivity contribution in [2.24, 2.45) is 11.5 Å². The number of carbonyl (C=O) groups is 1. The van der Waals surface area contributed by atoms with E-state index in [9.17, 15) is 4.79 Å². The zero-order valence-electron chi connectivity index (χ0n) is 8.04. The topological polar surface area (TPSA) is 134 Å². The maximum Gasteiger partial charge on any atom is 0.351 e. The minimum Gasteiger partial charge on any atom is -0.478 e. The number of nitrogens with two attached hydrogens (primary N) is 2. The highest BCUT2D eigenvalue weighted by Crippen LogP contribution is 2.09. The quantitative estimate of drug-likeness (QED) is 0.157. The third-order valence-corrected chi connectivity index (χ3v) is 1.77. The smallest absolute Gasteiger partial charge is 0.351 e. The highest BCUT2D eigenvalue weighted by Gasteiger charge is 2.32. The molecule has 82 valence electrons. The van der Waals surface area contributed by atoms with E-state index in [0.29, 0.717) is 13.0 Å². The lowest BCUT2D eigenvalue weighted by Crippen LogP contribution is -2.50. The number of carboxylic acid groups (broad SMARTS) is 1. The molecule has 0 fully saturated rings. The fourth-order valence-electron chi connectivity index (χ4n) is 0.870. The highest BCUT2D eigenvalue weighted by molar-refractivity contribution is 5.76. The van der Waals surface area contributed by atoms with Gasteiger partial charge >= 0.3 is 5.97 Å². The molecule has 1 atom stereocenters. The fourth-order valence-corrected chi connectivity index (χ4v) is 0.870. The molecule has 0 aliphatic carbocycles. The second kappa shape index (κ2) is 5.40. The first-order valence-corrected chi connectivity index (χ1v) is 4.07. The Bertz CT molecular complexity index is 221. The molecule has 0 aliphatic rings. The van der Waals surface area contributed by atoms with Crippen LogP contribution in [0, 0.1) is 5.41 Å². The van der Waals surface area contributed by atoms with E-state index < -0.39 is 11.7 Å². The normalized spacial score (nSPS) is 14.4. The number of guanidine groups is 1. The van der Waals surface area contributed by atoms with Gasteiger partial charge in [-0.25, -0.2) is 4.79 Å². The second-order valence-electron chi connectivity index (χ2n) is 2.84. The number of methoxy groups -OCH3 is 1. The molecule has 0 spiro atoms. The number of ether oxygens (including phenoxy) is 1. The standard InChI is InChI=1S/C7H16N4O3/c1-14-7(10,5(12)13)3-2-4-11-6(8)9/h2-4,10H2,1H3,(H,12,13)(H4,8,9,11)/t7-/m1/s1. The van der Waals surface area contributed by atoms with Crippen LogP contribution in [0.2, 0.25) is 0 Å². The summed E-state index contributed by atoms with van der Waals surface area (Å²) in [5.74, 6) is -1.36. The molecule has 0 rings (SSSR count). The lowest BCUT2D eigenvalue weighted by Gasteiger charge is -2.22. The predicted octanol–water partition coefficient (Wildman–Crippen LogP) is -1.36. The number of hydrogen-bond acceptors (Lipinski definition) is 4. The lowest BCUT2D eigenvalue weighted by molar-refractivity contribution is -0.162. The second-order valence-corrected chi connectivity index (χ2v) is 2.84. The summed E-state index contributed by atoms with van der Waals surface area (Å²) in [7, 11) is 1.24. The van der Waals surface area contributed by atoms with Crippen molar-refractivity contribution in [3.63, 3.8) is 0 Å². The Morgan fingerprint density at radius 3 is 2.64 bits per heavy atom. The molecule has 7 nitrogen and oxygen atoms in total. The van der Waals surface area contributed by atoms with E-state index in [4.69, 9.17) is 22.0 Å². The van der Waals surface area contributed by atoms with Gasteiger partial charge in [-0.15, -0.1) is 0 Å². The Morgan fingerprint density at radius 2 is 2.29 bits per heavy atom. The molecule has 0 unspecified atom stereocenters. The van der Waals surface area contributed by atoms with Crippen LogP contribution in [0.1, 0.15) is 12.8 Å². The highest BCUT2D eigenvalue weighted by atomic mass is 16.5. The first-order chi connectivity index (χ1) is 6.42. The Balaban J connectivity index is 3.85. The number of rotatable bonds is 6. The van der Waals surface area contributed by atoms with Gasteiger partial charge in [-0.2, -0.15) is 0 Å². The van der Waals surface area contributed by atoms with Gasteiger partial charge in [-0.05, 0) is 6.42 Å². The largest absolute Gasteiger partial charge is 0.478 e. The van der Waals surface area contributed by atoms with Gasteiger partial charge in [0.05, 0.1) is 0 Å². The van der Waals surface area contributed by atoms with E-state index in [2.05, 4.69) is 10.1 Å². The molecule has 0 saturated carbocycles. The van der Waals surface area contributed by atoms with Crippen LogP contribution in [0.15, 0.2) is 0 Å². The maximum absolute atomic E-state index is 10.6. The van der Waals surface area contributed by atoms with Crippen molar-refractivity contribution in [1.29, 1.82) is 5.41 Å². The zero-order valence-corrected chi connectivity index (χ0v) is 8.04. The molecule has 0 aliphatic heterocycles. The fraction of sp³-hybridized carbons (Fsp3) is 0.714. The van der Waals surface area contributed by atoms with Crippen molar-refractivity contribution in [1.82, 2.24) is 5.32 Å². The summed E-state index contributed by atoms with van der Waals surface area (Å²) in [5, 5.41) is 18.1. The number of aliphatic carboxylic acids is 1. The van der Waals surface area contributed by atoms with Crippen LogP contribution in [0.25, 0.3) is 0 Å². The third kappa shape index (κ3) is 4.06. The van der Waals surface area contributed by atoms with Crippen molar-refractivity contribution in [2.45, 2.75) is 18.6 Å². The summed E-state index contributed by atoms with van der Waals surface area (Å²) in [6.07, 6.45) is 0.606. The van der Waals surface area contributed by atoms with Gasteiger partial charge in [0.2, 0.25) is 5.72 Å². The minimum atomic E-state index is -1.65. The Hall–Kier alpha value is -1.34. The molecule has 0 aromatic heterocycles. The molecule has 7 N–H and O–H groups in total. The molecule has 0 heterocycles. The summed E-state index contributed by atoms with van der Waals surface area (Å²) in [5.41, 5.74) is 8.80. The van der Waals surface area contributed by atoms with Crippen LogP contribution in [0.5, 0.6) is 0 Å². The van der Waals surface area contributed by atoms with Gasteiger partial charge in [-0.1, -0.05) is 0 Å². The summed E-state index contributed by atoms with van der Waals surface area (Å²) < 4.78 is 4.67. The van der Waals surface area contributed by atoms with Crippen LogP contribution in [0.3, 0.4) is 0 Å². The van der Waals surface area contributed by atoms with Crippen molar-refractivity contribution in [3.8, 4) is 0 Å². The molecular formula is C7H16N4O3. The molecule has 0 aromatic carbocycles. The van der Waals surface area contributed by atoms with Crippen LogP contribution in [0.4, 0.5) is 0 Å². The van der Waals surface area contributed by atoms with Crippen molar-refractivity contribution >= 4 is 11.9 Å². The van der Waals surface area contributed by atoms with Gasteiger partial charge in [-0.3, -0.25) is 11.1 Å². The average molecular weight is 204 g/mol. The van der Waals surface area contributed by atoms with E-state index in [1.165, 1.54) is 7.11 Å². The van der Waals surface area contributed by atoms with Crippen molar-refractivity contribution in [2.75, 3.05) is 13.7 Å². The lowest BCUT2D eigenvalue weighted by atomic mass is 10.1. The number of nitrogens with one attached hydrogen (secondary N) is 2. The number of hydrogen-bond donors (Lipinski definition) is 5. The zero-order chi connectivity index (χ0) is 11.2. The molecule has 14 heavy (non-hydrogen) atoms. The van der Waals surface area contributed by atoms with Crippen LogP contribution in [-0.2, 0) is 9.53 Å². The average Bonchev–Trinajstić information content (AvgIpc) is 2.11. The summed E-state index contributed by atoms with van der Waals surface area (Å²) in [6.45, 7) is 0.394. The van der Waals surface area contributed by atoms with Crippen LogP contribution >= 0.6 is 0 Å². The Labute approximate surface area is 81.9 Å². The third-order valence-electron chi connectivity index (χ3n) is 1.77. The molecule has 0 saturated heterocycles. The van der Waals surface area contributed by atoms with Crippen molar-refractivity contribution in [3.05, 3.63) is 0 Å². The molecular weight excluding hydrogens is 188 g/mol. The summed E-state index contributed by atoms with van der Waals surface area (Å²) in [4.78, 5) is 10.6. The first kappa shape index (κ1) is 12.7. The Kier molecular flexibility index (Phi) is 4.89. The molecule has 0 bridgehead atoms. The molecule has 0 aromatic rings. The van der Waals surface area contributed by atoms with E-state index >= 15 is 0 Å². The minimum absolute atomic E-state index is 0.152.